The molecule has 0 spiro atoms. The number of hydrogen-bond donors (Lipinski definition) is 2. The van der Waals surface area contributed by atoms with Crippen molar-refractivity contribution < 1.29 is 4.79 Å². The number of H-pyrrole nitrogens is 1. The number of hydrogen-bond acceptors (Lipinski definition) is 3. The molecule has 0 atom stereocenters. The van der Waals surface area contributed by atoms with Crippen molar-refractivity contribution in [2.24, 2.45) is 0 Å². The maximum Gasteiger partial charge on any atom is 0.224 e. The fourth-order valence-electron chi connectivity index (χ4n) is 2.31. The molecule has 3 rings (SSSR count). The number of fused-ring (bicyclic) bond motifs is 1. The smallest absolute Gasteiger partial charge is 0.224 e. The Morgan fingerprint density at radius 2 is 2.05 bits per heavy atom. The molecule has 21 heavy (non-hydrogen) atoms. The summed E-state index contributed by atoms with van der Waals surface area (Å²) in [6.45, 7) is 2.05. The van der Waals surface area contributed by atoms with Gasteiger partial charge in [0.25, 0.3) is 0 Å². The first-order valence-corrected chi connectivity index (χ1v) is 6.87. The van der Waals surface area contributed by atoms with Crippen LogP contribution in [-0.4, -0.2) is 21.3 Å². The summed E-state index contributed by atoms with van der Waals surface area (Å²) >= 11 is 0. The molecule has 0 saturated carbocycles. The van der Waals surface area contributed by atoms with Gasteiger partial charge in [-0.3, -0.25) is 4.79 Å². The molecule has 0 saturated heterocycles. The highest BCUT2D eigenvalue weighted by atomic mass is 16.1. The minimum Gasteiger partial charge on any atom is -0.324 e. The fraction of sp³-hybridized carbons (Fsp3) is 0.188. The van der Waals surface area contributed by atoms with Crippen LogP contribution in [0.2, 0.25) is 0 Å². The number of aromatic nitrogens is 3. The van der Waals surface area contributed by atoms with Crippen LogP contribution in [0.15, 0.2) is 42.5 Å². The molecule has 0 aliphatic rings. The third-order valence-corrected chi connectivity index (χ3v) is 3.34. The van der Waals surface area contributed by atoms with Crippen molar-refractivity contribution in [2.45, 2.75) is 19.8 Å². The number of amides is 1. The molecular weight excluding hydrogens is 264 g/mol. The van der Waals surface area contributed by atoms with E-state index in [0.717, 1.165) is 11.9 Å². The number of para-hydroxylation sites is 1. The van der Waals surface area contributed by atoms with Gasteiger partial charge in [-0.25, -0.2) is 0 Å². The molecule has 106 valence electrons. The first-order chi connectivity index (χ1) is 10.2. The average molecular weight is 280 g/mol. The highest BCUT2D eigenvalue weighted by molar-refractivity contribution is 5.99. The Labute approximate surface area is 122 Å². The molecule has 3 aromatic rings. The molecule has 0 aliphatic heterocycles. The molecule has 5 heteroatoms. The van der Waals surface area contributed by atoms with Crippen LogP contribution in [-0.2, 0) is 11.2 Å². The lowest BCUT2D eigenvalue weighted by Gasteiger charge is -2.06. The van der Waals surface area contributed by atoms with E-state index in [1.165, 1.54) is 11.1 Å². The minimum atomic E-state index is -0.0213. The lowest BCUT2D eigenvalue weighted by molar-refractivity contribution is -0.116. The summed E-state index contributed by atoms with van der Waals surface area (Å²) in [7, 11) is 0. The van der Waals surface area contributed by atoms with Gasteiger partial charge in [0, 0.05) is 6.42 Å². The Bertz CT molecular complexity index is 779. The highest BCUT2D eigenvalue weighted by Crippen LogP contribution is 2.19. The van der Waals surface area contributed by atoms with E-state index in [9.17, 15) is 4.79 Å². The van der Waals surface area contributed by atoms with E-state index in [2.05, 4.69) is 39.8 Å². The second-order valence-electron chi connectivity index (χ2n) is 5.03. The number of carbonyl (C=O) groups excluding carboxylic acids is 1. The zero-order valence-corrected chi connectivity index (χ0v) is 11.8. The second-order valence-corrected chi connectivity index (χ2v) is 5.03. The lowest BCUT2D eigenvalue weighted by Crippen LogP contribution is -2.12. The van der Waals surface area contributed by atoms with Gasteiger partial charge in [0.2, 0.25) is 5.91 Å². The van der Waals surface area contributed by atoms with Gasteiger partial charge >= 0.3 is 0 Å². The zero-order valence-electron chi connectivity index (χ0n) is 11.8. The minimum absolute atomic E-state index is 0.0213. The van der Waals surface area contributed by atoms with Crippen LogP contribution in [0.3, 0.4) is 0 Å². The average Bonchev–Trinajstić information content (AvgIpc) is 2.95. The topological polar surface area (TPSA) is 70.7 Å². The summed E-state index contributed by atoms with van der Waals surface area (Å²) in [5.74, 6) is -0.0213. The van der Waals surface area contributed by atoms with Gasteiger partial charge < -0.3 is 5.32 Å². The molecule has 1 amide bonds. The van der Waals surface area contributed by atoms with E-state index in [1.54, 1.807) is 0 Å². The molecule has 0 aliphatic carbocycles. The predicted molar refractivity (Wildman–Crippen MR) is 82.0 cm³/mol. The fourth-order valence-corrected chi connectivity index (χ4v) is 2.31. The number of benzene rings is 2. The molecule has 0 radical (unpaired) electrons. The van der Waals surface area contributed by atoms with Crippen LogP contribution in [0.1, 0.15) is 17.5 Å². The summed E-state index contributed by atoms with van der Waals surface area (Å²) in [6.07, 6.45) is 1.17. The van der Waals surface area contributed by atoms with Crippen LogP contribution >= 0.6 is 0 Å². The number of nitrogens with one attached hydrogen (secondary N) is 2. The molecule has 0 unspecified atom stereocenters. The molecule has 1 heterocycles. The van der Waals surface area contributed by atoms with E-state index < -0.39 is 0 Å². The number of carbonyl (C=O) groups is 1. The standard InChI is InChI=1S/C16H16N4O/c1-11-4-2-5-12(10-11)8-9-15(21)17-13-6-3-7-14-16(13)19-20-18-14/h2-7,10H,8-9H2,1H3,(H,17,21)(H,18,19,20). The van der Waals surface area contributed by atoms with E-state index in [4.69, 9.17) is 0 Å². The van der Waals surface area contributed by atoms with E-state index in [0.29, 0.717) is 17.6 Å². The monoisotopic (exact) mass is 280 g/mol. The molecule has 5 nitrogen and oxygen atoms in total. The summed E-state index contributed by atoms with van der Waals surface area (Å²) in [4.78, 5) is 12.1. The van der Waals surface area contributed by atoms with E-state index in [1.807, 2.05) is 30.3 Å². The van der Waals surface area contributed by atoms with Crippen molar-refractivity contribution in [3.05, 3.63) is 53.6 Å². The van der Waals surface area contributed by atoms with Crippen molar-refractivity contribution in [1.82, 2.24) is 15.4 Å². The second kappa shape index (κ2) is 5.75. The third kappa shape index (κ3) is 3.08. The molecular formula is C16H16N4O. The Morgan fingerprint density at radius 1 is 1.19 bits per heavy atom. The summed E-state index contributed by atoms with van der Waals surface area (Å²) in [5, 5.41) is 13.5. The van der Waals surface area contributed by atoms with Crippen LogP contribution in [0.25, 0.3) is 11.0 Å². The van der Waals surface area contributed by atoms with Gasteiger partial charge in [0.15, 0.2) is 0 Å². The summed E-state index contributed by atoms with van der Waals surface area (Å²) in [5.41, 5.74) is 4.49. The Kier molecular flexibility index (Phi) is 3.64. The number of rotatable bonds is 4. The number of nitrogens with zero attached hydrogens (tertiary/aromatic N) is 2. The number of anilines is 1. The van der Waals surface area contributed by atoms with E-state index in [-0.39, 0.29) is 5.91 Å². The van der Waals surface area contributed by atoms with Gasteiger partial charge in [-0.15, -0.1) is 0 Å². The van der Waals surface area contributed by atoms with Crippen molar-refractivity contribution in [3.8, 4) is 0 Å². The first kappa shape index (κ1) is 13.3. The molecule has 0 fully saturated rings. The van der Waals surface area contributed by atoms with Crippen LogP contribution < -0.4 is 5.32 Å². The maximum absolute atomic E-state index is 12.1. The van der Waals surface area contributed by atoms with Gasteiger partial charge in [-0.05, 0) is 31.0 Å². The third-order valence-electron chi connectivity index (χ3n) is 3.34. The van der Waals surface area contributed by atoms with Gasteiger partial charge in [-0.2, -0.15) is 15.4 Å². The van der Waals surface area contributed by atoms with Gasteiger partial charge in [0.1, 0.15) is 11.0 Å². The van der Waals surface area contributed by atoms with Crippen molar-refractivity contribution in [2.75, 3.05) is 5.32 Å². The SMILES string of the molecule is Cc1cccc(CCC(=O)Nc2cccc3n[nH]nc23)c1. The van der Waals surface area contributed by atoms with E-state index >= 15 is 0 Å². The van der Waals surface area contributed by atoms with Gasteiger partial charge in [-0.1, -0.05) is 35.9 Å². The molecule has 0 bridgehead atoms. The summed E-state index contributed by atoms with van der Waals surface area (Å²) in [6, 6.07) is 13.7. The Balaban J connectivity index is 1.65. The largest absolute Gasteiger partial charge is 0.324 e. The molecule has 2 N–H and O–H groups in total. The highest BCUT2D eigenvalue weighted by Gasteiger charge is 2.08. The Morgan fingerprint density at radius 3 is 2.90 bits per heavy atom. The lowest BCUT2D eigenvalue weighted by atomic mass is 10.1. The predicted octanol–water partition coefficient (Wildman–Crippen LogP) is 2.84. The quantitative estimate of drug-likeness (QED) is 0.772. The van der Waals surface area contributed by atoms with Crippen LogP contribution in [0.5, 0.6) is 0 Å². The van der Waals surface area contributed by atoms with Crippen molar-refractivity contribution >= 4 is 22.6 Å². The molecule has 2 aromatic carbocycles. The van der Waals surface area contributed by atoms with Crippen LogP contribution in [0.4, 0.5) is 5.69 Å². The summed E-state index contributed by atoms with van der Waals surface area (Å²) < 4.78 is 0. The normalized spacial score (nSPS) is 10.7. The van der Waals surface area contributed by atoms with Crippen molar-refractivity contribution in [1.29, 1.82) is 0 Å². The maximum atomic E-state index is 12.1. The zero-order chi connectivity index (χ0) is 14.7. The van der Waals surface area contributed by atoms with Crippen LogP contribution in [0, 0.1) is 6.92 Å². The van der Waals surface area contributed by atoms with Gasteiger partial charge in [0.05, 0.1) is 5.69 Å². The first-order valence-electron chi connectivity index (χ1n) is 6.87. The Hall–Kier alpha value is -2.69. The number of aromatic amines is 1. The number of aryl methyl sites for hydroxylation is 2. The molecule has 1 aromatic heterocycles. The van der Waals surface area contributed by atoms with Crippen molar-refractivity contribution in [3.63, 3.8) is 0 Å².